The normalized spacial score (nSPS) is 17.3. The topological polar surface area (TPSA) is 51.2 Å². The van der Waals surface area contributed by atoms with Gasteiger partial charge in [0.1, 0.15) is 29.1 Å². The van der Waals surface area contributed by atoms with E-state index in [4.69, 9.17) is 14.2 Å². The van der Waals surface area contributed by atoms with Crippen LogP contribution in [-0.2, 0) is 13.1 Å². The molecule has 25 heavy (non-hydrogen) atoms. The Morgan fingerprint density at radius 3 is 2.52 bits per heavy atom. The van der Waals surface area contributed by atoms with E-state index in [0.29, 0.717) is 12.3 Å². The molecule has 134 valence electrons. The molecule has 0 aromatic heterocycles. The Morgan fingerprint density at radius 2 is 1.84 bits per heavy atom. The highest BCUT2D eigenvalue weighted by molar-refractivity contribution is 5.42. The third kappa shape index (κ3) is 3.99. The van der Waals surface area contributed by atoms with E-state index in [0.717, 1.165) is 42.1 Å². The van der Waals surface area contributed by atoms with E-state index in [1.807, 2.05) is 30.3 Å². The summed E-state index contributed by atoms with van der Waals surface area (Å²) < 4.78 is 16.7. The molecule has 5 nitrogen and oxygen atoms in total. The lowest BCUT2D eigenvalue weighted by molar-refractivity contribution is 0.138. The lowest BCUT2D eigenvalue weighted by atomic mass is 10.1. The molecule has 2 aromatic rings. The van der Waals surface area contributed by atoms with Crippen molar-refractivity contribution in [1.29, 1.82) is 0 Å². The number of rotatable bonds is 5. The van der Waals surface area contributed by atoms with E-state index in [-0.39, 0.29) is 11.9 Å². The van der Waals surface area contributed by atoms with Gasteiger partial charge in [0, 0.05) is 36.8 Å². The molecule has 0 aliphatic carbocycles. The van der Waals surface area contributed by atoms with Crippen molar-refractivity contribution in [2.75, 3.05) is 20.8 Å². The van der Waals surface area contributed by atoms with Crippen molar-refractivity contribution >= 4 is 0 Å². The maximum Gasteiger partial charge on any atom is 0.124 e. The number of phenolic OH excluding ortho intramolecular Hbond substituents is 1. The Morgan fingerprint density at radius 1 is 1.12 bits per heavy atom. The predicted molar refractivity (Wildman–Crippen MR) is 96.5 cm³/mol. The van der Waals surface area contributed by atoms with Gasteiger partial charge in [-0.3, -0.25) is 4.90 Å². The smallest absolute Gasteiger partial charge is 0.124 e. The molecule has 0 saturated carbocycles. The monoisotopic (exact) mass is 343 g/mol. The summed E-state index contributed by atoms with van der Waals surface area (Å²) in [5, 5.41) is 10.3. The van der Waals surface area contributed by atoms with Gasteiger partial charge in [-0.1, -0.05) is 13.0 Å². The molecule has 3 rings (SSSR count). The van der Waals surface area contributed by atoms with Gasteiger partial charge in [-0.2, -0.15) is 0 Å². The van der Waals surface area contributed by atoms with Crippen molar-refractivity contribution in [1.82, 2.24) is 4.90 Å². The first kappa shape index (κ1) is 17.4. The lowest BCUT2D eigenvalue weighted by Gasteiger charge is -2.23. The Labute approximate surface area is 148 Å². The Bertz CT molecular complexity index is 732. The minimum absolute atomic E-state index is 0.120. The van der Waals surface area contributed by atoms with E-state index >= 15 is 0 Å². The second-order valence-electron chi connectivity index (χ2n) is 6.29. The number of ether oxygens (including phenoxy) is 3. The van der Waals surface area contributed by atoms with E-state index in [1.54, 1.807) is 20.3 Å². The molecule has 2 aromatic carbocycles. The summed E-state index contributed by atoms with van der Waals surface area (Å²) in [6.45, 7) is 4.32. The fourth-order valence-corrected chi connectivity index (χ4v) is 3.11. The lowest BCUT2D eigenvalue weighted by Crippen LogP contribution is -2.32. The van der Waals surface area contributed by atoms with Gasteiger partial charge in [-0.25, -0.2) is 0 Å². The number of fused-ring (bicyclic) bond motifs is 1. The van der Waals surface area contributed by atoms with Gasteiger partial charge in [-0.05, 0) is 30.7 Å². The molecule has 0 spiro atoms. The van der Waals surface area contributed by atoms with E-state index in [9.17, 15) is 5.11 Å². The van der Waals surface area contributed by atoms with Crippen LogP contribution < -0.4 is 14.2 Å². The van der Waals surface area contributed by atoms with Crippen molar-refractivity contribution in [3.8, 4) is 23.0 Å². The van der Waals surface area contributed by atoms with Crippen molar-refractivity contribution in [2.24, 2.45) is 0 Å². The van der Waals surface area contributed by atoms with Crippen LogP contribution in [0.3, 0.4) is 0 Å². The van der Waals surface area contributed by atoms with Crippen LogP contribution in [0, 0.1) is 0 Å². The van der Waals surface area contributed by atoms with Crippen molar-refractivity contribution < 1.29 is 19.3 Å². The van der Waals surface area contributed by atoms with Gasteiger partial charge >= 0.3 is 0 Å². The number of nitrogens with zero attached hydrogens (tertiary/aromatic N) is 1. The van der Waals surface area contributed by atoms with Crippen LogP contribution in [0.5, 0.6) is 23.0 Å². The Hall–Kier alpha value is -2.40. The van der Waals surface area contributed by atoms with Crippen LogP contribution in [-0.4, -0.2) is 36.9 Å². The van der Waals surface area contributed by atoms with E-state index < -0.39 is 0 Å². The Balaban J connectivity index is 1.85. The third-order valence-corrected chi connectivity index (χ3v) is 4.56. The first-order valence-corrected chi connectivity index (χ1v) is 8.54. The number of methoxy groups -OCH3 is 2. The Kier molecular flexibility index (Phi) is 5.34. The molecule has 1 aliphatic rings. The van der Waals surface area contributed by atoms with E-state index in [2.05, 4.69) is 11.8 Å². The number of benzene rings is 2. The number of phenols is 1. The molecular weight excluding hydrogens is 318 g/mol. The van der Waals surface area contributed by atoms with Gasteiger partial charge in [0.25, 0.3) is 0 Å². The number of aromatic hydroxyl groups is 1. The number of hydrogen-bond donors (Lipinski definition) is 1. The largest absolute Gasteiger partial charge is 0.507 e. The molecule has 5 heteroatoms. The fourth-order valence-electron chi connectivity index (χ4n) is 3.11. The molecule has 1 aliphatic heterocycles. The summed E-state index contributed by atoms with van der Waals surface area (Å²) in [5.41, 5.74) is 1.98. The summed E-state index contributed by atoms with van der Waals surface area (Å²) in [6.07, 6.45) is 1.05. The predicted octanol–water partition coefficient (Wildman–Crippen LogP) is 3.58. The highest BCUT2D eigenvalue weighted by Gasteiger charge is 2.23. The third-order valence-electron chi connectivity index (χ3n) is 4.56. The van der Waals surface area contributed by atoms with Gasteiger partial charge in [0.2, 0.25) is 0 Å². The molecule has 1 heterocycles. The molecule has 0 radical (unpaired) electrons. The second kappa shape index (κ2) is 7.66. The zero-order chi connectivity index (χ0) is 17.8. The fraction of sp³-hybridized carbons (Fsp3) is 0.400. The minimum atomic E-state index is 0.120. The van der Waals surface area contributed by atoms with Gasteiger partial charge in [0.15, 0.2) is 0 Å². The summed E-state index contributed by atoms with van der Waals surface area (Å²) in [4.78, 5) is 2.29. The quantitative estimate of drug-likeness (QED) is 0.899. The summed E-state index contributed by atoms with van der Waals surface area (Å²) in [6, 6.07) is 11.4. The zero-order valence-electron chi connectivity index (χ0n) is 15.0. The van der Waals surface area contributed by atoms with Crippen LogP contribution in [0.2, 0.25) is 0 Å². The molecular formula is C20H25NO4. The highest BCUT2D eigenvalue weighted by atomic mass is 16.5. The van der Waals surface area contributed by atoms with Crippen molar-refractivity contribution in [2.45, 2.75) is 32.5 Å². The first-order chi connectivity index (χ1) is 12.1. The van der Waals surface area contributed by atoms with Crippen LogP contribution in [0.15, 0.2) is 36.4 Å². The average molecular weight is 343 g/mol. The van der Waals surface area contributed by atoms with Crippen LogP contribution >= 0.6 is 0 Å². The first-order valence-electron chi connectivity index (χ1n) is 8.54. The summed E-state index contributed by atoms with van der Waals surface area (Å²) in [5.74, 6) is 2.64. The molecule has 0 amide bonds. The highest BCUT2D eigenvalue weighted by Crippen LogP contribution is 2.31. The molecule has 1 unspecified atom stereocenters. The minimum Gasteiger partial charge on any atom is -0.507 e. The summed E-state index contributed by atoms with van der Waals surface area (Å²) >= 11 is 0. The maximum absolute atomic E-state index is 10.3. The van der Waals surface area contributed by atoms with Crippen LogP contribution in [0.4, 0.5) is 0 Å². The number of hydrogen-bond acceptors (Lipinski definition) is 5. The molecule has 0 saturated heterocycles. The SMILES string of the molecule is CCC1CN(Cc2ccc(OC)cc2O)Cc2cc(OC)ccc2O1. The zero-order valence-corrected chi connectivity index (χ0v) is 15.0. The van der Waals surface area contributed by atoms with Crippen molar-refractivity contribution in [3.05, 3.63) is 47.5 Å². The standard InChI is InChI=1S/C20H25NO4/c1-4-16-13-21(11-14-5-6-18(24-3)10-19(14)22)12-15-9-17(23-2)7-8-20(15)25-16/h5-10,16,22H,4,11-13H2,1-3H3. The molecule has 1 N–H and O–H groups in total. The van der Waals surface area contributed by atoms with Gasteiger partial charge in [-0.15, -0.1) is 0 Å². The van der Waals surface area contributed by atoms with Crippen LogP contribution in [0.25, 0.3) is 0 Å². The maximum atomic E-state index is 10.3. The molecule has 0 fully saturated rings. The van der Waals surface area contributed by atoms with Gasteiger partial charge in [0.05, 0.1) is 14.2 Å². The van der Waals surface area contributed by atoms with Gasteiger partial charge < -0.3 is 19.3 Å². The molecule has 0 bridgehead atoms. The van der Waals surface area contributed by atoms with Crippen molar-refractivity contribution in [3.63, 3.8) is 0 Å². The van der Waals surface area contributed by atoms with Crippen LogP contribution in [0.1, 0.15) is 24.5 Å². The van der Waals surface area contributed by atoms with E-state index in [1.165, 1.54) is 0 Å². The molecule has 1 atom stereocenters. The average Bonchev–Trinajstić information content (AvgIpc) is 2.81. The second-order valence-corrected chi connectivity index (χ2v) is 6.29. The summed E-state index contributed by atoms with van der Waals surface area (Å²) in [7, 11) is 3.26.